The van der Waals surface area contributed by atoms with Crippen molar-refractivity contribution in [3.05, 3.63) is 91.5 Å². The number of ether oxygens (including phenoxy) is 1. The molecule has 0 saturated carbocycles. The number of fused-ring (bicyclic) bond motifs is 5. The third-order valence-corrected chi connectivity index (χ3v) is 13.4. The van der Waals surface area contributed by atoms with Crippen LogP contribution in [0.4, 0.5) is 0 Å². The molecule has 5 aliphatic heterocycles. The van der Waals surface area contributed by atoms with E-state index < -0.39 is 29.4 Å². The fourth-order valence-corrected chi connectivity index (χ4v) is 9.76. The number of rotatable bonds is 21. The first-order valence-corrected chi connectivity index (χ1v) is 22.5. The predicted octanol–water partition coefficient (Wildman–Crippen LogP) is 8.87. The number of hydrogen-bond donors (Lipinski definition) is 6. The lowest BCUT2D eigenvalue weighted by molar-refractivity contribution is -0.139. The summed E-state index contributed by atoms with van der Waals surface area (Å²) in [5.74, 6) is -4.05. The molecule has 1 saturated heterocycles. The Morgan fingerprint density at radius 1 is 0.841 bits per heavy atom. The summed E-state index contributed by atoms with van der Waals surface area (Å²) in [5.41, 5.74) is 11.5. The standard InChI is InChI=1S/C49H63N5O9/c1-8-10-11-12-21-63-30(7)45-28(5)36-23-35-27(4)32(13-14-41(56)54-49(18-15-42(57)58,19-16-43(59)60)20-17-44(61)62)47(52-35)33-22-40(55)46-29(6)37(53-48(33)46)24-38-31(9-2)26(3)34(50-38)25-39(45)51-36/h23-25,27,30,32,52,55H,8-22H2,1-7H3,(H,54,56)(H,57,58)(H,59,60)(H,61,62)/t27?,30?,32-/m0/s1. The Bertz CT molecular complexity index is 2260. The molecule has 2 unspecified atom stereocenters. The molecular formula is C49H63N5O9. The molecule has 1 aliphatic carbocycles. The average molecular weight is 866 g/mol. The summed E-state index contributed by atoms with van der Waals surface area (Å²) in [6, 6.07) is 0. The van der Waals surface area contributed by atoms with Gasteiger partial charge < -0.3 is 35.8 Å². The molecular weight excluding hydrogens is 803 g/mol. The minimum atomic E-state index is -1.34. The van der Waals surface area contributed by atoms with Crippen molar-refractivity contribution in [2.24, 2.45) is 26.8 Å². The lowest BCUT2D eigenvalue weighted by Gasteiger charge is -2.34. The minimum absolute atomic E-state index is 0.0152. The van der Waals surface area contributed by atoms with Crippen molar-refractivity contribution in [1.29, 1.82) is 0 Å². The Morgan fingerprint density at radius 2 is 1.48 bits per heavy atom. The van der Waals surface area contributed by atoms with Crippen molar-refractivity contribution < 1.29 is 44.3 Å². The van der Waals surface area contributed by atoms with Gasteiger partial charge in [-0.1, -0.05) is 40.0 Å². The molecule has 8 bridgehead atoms. The van der Waals surface area contributed by atoms with Crippen molar-refractivity contribution in [1.82, 2.24) is 10.6 Å². The van der Waals surface area contributed by atoms with Gasteiger partial charge in [0.1, 0.15) is 5.76 Å². The van der Waals surface area contributed by atoms with Gasteiger partial charge in [-0.15, -0.1) is 0 Å². The molecule has 0 aromatic carbocycles. The number of amides is 1. The molecule has 1 amide bonds. The van der Waals surface area contributed by atoms with E-state index in [1.807, 2.05) is 13.0 Å². The van der Waals surface area contributed by atoms with Crippen LogP contribution in [0.1, 0.15) is 138 Å². The fourth-order valence-electron chi connectivity index (χ4n) is 9.76. The number of aliphatic carboxylic acids is 3. The Hall–Kier alpha value is -5.63. The number of carbonyl (C=O) groups excluding carboxylic acids is 1. The topological polar surface area (TPSA) is 220 Å². The lowest BCUT2D eigenvalue weighted by Crippen LogP contribution is -2.49. The van der Waals surface area contributed by atoms with Crippen molar-refractivity contribution in [2.45, 2.75) is 150 Å². The first-order chi connectivity index (χ1) is 30.0. The maximum absolute atomic E-state index is 14.0. The van der Waals surface area contributed by atoms with Gasteiger partial charge in [0.15, 0.2) is 0 Å². The van der Waals surface area contributed by atoms with E-state index in [0.29, 0.717) is 30.0 Å². The van der Waals surface area contributed by atoms with Crippen LogP contribution in [0.3, 0.4) is 0 Å². The number of unbranched alkanes of at least 4 members (excludes halogenated alkanes) is 3. The number of nitrogens with one attached hydrogen (secondary N) is 2. The van der Waals surface area contributed by atoms with Gasteiger partial charge in [-0.2, -0.15) is 0 Å². The maximum Gasteiger partial charge on any atom is 0.303 e. The van der Waals surface area contributed by atoms with Gasteiger partial charge in [0.25, 0.3) is 0 Å². The van der Waals surface area contributed by atoms with Crippen LogP contribution in [-0.2, 0) is 23.9 Å². The van der Waals surface area contributed by atoms with E-state index in [1.165, 1.54) is 0 Å². The second-order valence-corrected chi connectivity index (χ2v) is 17.7. The Morgan fingerprint density at radius 3 is 2.10 bits per heavy atom. The molecule has 14 heteroatoms. The Balaban J connectivity index is 1.41. The Labute approximate surface area is 369 Å². The molecule has 6 rings (SSSR count). The van der Waals surface area contributed by atoms with Crippen molar-refractivity contribution in [2.75, 3.05) is 6.61 Å². The maximum atomic E-state index is 14.0. The summed E-state index contributed by atoms with van der Waals surface area (Å²) < 4.78 is 6.47. The fraction of sp³-hybridized carbons (Fsp3) is 0.531. The van der Waals surface area contributed by atoms with E-state index in [0.717, 1.165) is 99.8 Å². The van der Waals surface area contributed by atoms with Gasteiger partial charge in [-0.05, 0) is 107 Å². The summed E-state index contributed by atoms with van der Waals surface area (Å²) in [6.45, 7) is 15.2. The SMILES string of the molecule is CCCCCCOC(C)C1=C(C)C2=NC1=CC1=NC(=CC3=C(C)C4=C(O)CC(=C5NC(=C2)C(C)[C@@H]5CCC(=O)NC(CCC(=O)O)(CCC(=O)O)CCC(=O)O)C4=N3)C(CC)=C1C. The van der Waals surface area contributed by atoms with Crippen LogP contribution in [0.5, 0.6) is 0 Å². The molecule has 1 fully saturated rings. The first kappa shape index (κ1) is 46.9. The minimum Gasteiger partial charge on any atom is -0.511 e. The van der Waals surface area contributed by atoms with Crippen LogP contribution in [-0.4, -0.2) is 79.6 Å². The molecule has 3 atom stereocenters. The number of nitrogens with zero attached hydrogens (tertiary/aromatic N) is 3. The van der Waals surface area contributed by atoms with E-state index in [9.17, 15) is 39.6 Å². The number of aliphatic hydroxyl groups is 1. The highest BCUT2D eigenvalue weighted by Crippen LogP contribution is 2.47. The smallest absolute Gasteiger partial charge is 0.303 e. The van der Waals surface area contributed by atoms with E-state index in [1.54, 1.807) is 0 Å². The number of allylic oxidation sites excluding steroid dienone is 11. The highest BCUT2D eigenvalue weighted by molar-refractivity contribution is 6.21. The molecule has 0 radical (unpaired) electrons. The normalized spacial score (nSPS) is 21.1. The van der Waals surface area contributed by atoms with Crippen LogP contribution >= 0.6 is 0 Å². The van der Waals surface area contributed by atoms with E-state index >= 15 is 0 Å². The Kier molecular flexibility index (Phi) is 14.7. The predicted molar refractivity (Wildman–Crippen MR) is 242 cm³/mol. The van der Waals surface area contributed by atoms with Gasteiger partial charge in [0, 0.05) is 84.2 Å². The van der Waals surface area contributed by atoms with Gasteiger partial charge >= 0.3 is 17.9 Å². The second kappa shape index (κ2) is 19.8. The van der Waals surface area contributed by atoms with Crippen molar-refractivity contribution in [3.63, 3.8) is 0 Å². The monoisotopic (exact) mass is 865 g/mol. The second-order valence-electron chi connectivity index (χ2n) is 17.7. The summed E-state index contributed by atoms with van der Waals surface area (Å²) in [7, 11) is 0. The van der Waals surface area contributed by atoms with Crippen molar-refractivity contribution in [3.8, 4) is 0 Å². The lowest BCUT2D eigenvalue weighted by atomic mass is 9.82. The van der Waals surface area contributed by atoms with Crippen LogP contribution in [0.2, 0.25) is 0 Å². The summed E-state index contributed by atoms with van der Waals surface area (Å²) in [5, 5.41) is 46.8. The molecule has 5 heterocycles. The molecule has 6 aliphatic rings. The van der Waals surface area contributed by atoms with Crippen LogP contribution < -0.4 is 10.6 Å². The number of hydrogen-bond acceptors (Lipinski definition) is 10. The molecule has 338 valence electrons. The largest absolute Gasteiger partial charge is 0.511 e. The number of carboxylic acid groups (broad SMARTS) is 3. The molecule has 14 nitrogen and oxygen atoms in total. The third-order valence-electron chi connectivity index (χ3n) is 13.4. The average Bonchev–Trinajstić information content (AvgIpc) is 3.99. The van der Waals surface area contributed by atoms with Gasteiger partial charge in [-0.3, -0.25) is 19.2 Å². The van der Waals surface area contributed by atoms with Gasteiger partial charge in [-0.25, -0.2) is 15.0 Å². The number of aliphatic hydroxyl groups excluding tert-OH is 1. The molecule has 0 spiro atoms. The van der Waals surface area contributed by atoms with Gasteiger partial charge in [0.05, 0.1) is 40.3 Å². The quantitative estimate of drug-likeness (QED) is 0.0602. The van der Waals surface area contributed by atoms with Crippen LogP contribution in [0, 0.1) is 11.8 Å². The summed E-state index contributed by atoms with van der Waals surface area (Å²) >= 11 is 0. The summed E-state index contributed by atoms with van der Waals surface area (Å²) in [4.78, 5) is 64.5. The zero-order chi connectivity index (χ0) is 45.7. The zero-order valence-corrected chi connectivity index (χ0v) is 37.7. The third kappa shape index (κ3) is 10.3. The number of aliphatic imine (C=N–C) groups is 3. The molecule has 0 aromatic heterocycles. The molecule has 0 aromatic rings. The van der Waals surface area contributed by atoms with Crippen LogP contribution in [0.25, 0.3) is 0 Å². The number of carbonyl (C=O) groups is 4. The summed E-state index contributed by atoms with van der Waals surface area (Å²) in [6.07, 6.45) is 10.1. The highest BCUT2D eigenvalue weighted by atomic mass is 16.5. The molecule has 6 N–H and O–H groups in total. The van der Waals surface area contributed by atoms with E-state index in [2.05, 4.69) is 64.3 Å². The first-order valence-electron chi connectivity index (χ1n) is 22.5. The molecule has 63 heavy (non-hydrogen) atoms. The van der Waals surface area contributed by atoms with E-state index in [-0.39, 0.29) is 75.1 Å². The van der Waals surface area contributed by atoms with Crippen molar-refractivity contribution >= 4 is 41.0 Å². The number of carboxylic acids is 3. The van der Waals surface area contributed by atoms with E-state index in [4.69, 9.17) is 19.7 Å². The zero-order valence-electron chi connectivity index (χ0n) is 37.7. The van der Waals surface area contributed by atoms with Gasteiger partial charge in [0.2, 0.25) is 5.91 Å². The highest BCUT2D eigenvalue weighted by Gasteiger charge is 2.42. The van der Waals surface area contributed by atoms with Crippen LogP contribution in [0.15, 0.2) is 106 Å².